The normalized spacial score (nSPS) is 14.2. The van der Waals surface area contributed by atoms with Crippen LogP contribution in [0, 0.1) is 0 Å². The number of phosphoric acid groups is 2. The molecule has 46 nitrogen and oxygen atoms in total. The minimum atomic E-state index is -5.13. The van der Waals surface area contributed by atoms with Crippen molar-refractivity contribution in [3.05, 3.63) is 244 Å². The fourth-order valence-corrected chi connectivity index (χ4v) is 14.1. The van der Waals surface area contributed by atoms with Gasteiger partial charge in [0.2, 0.25) is 0 Å². The zero-order valence-corrected chi connectivity index (χ0v) is 80.4. The van der Waals surface area contributed by atoms with Crippen LogP contribution in [0.2, 0.25) is 0 Å². The molecule has 702 valence electrons. The quantitative estimate of drug-likeness (QED) is 0.00969. The van der Waals surface area contributed by atoms with E-state index in [-0.39, 0.29) is 125 Å². The number of anilines is 4. The minimum absolute atomic E-state index is 0. The molecule has 0 radical (unpaired) electrons. The maximum Gasteiger partial charge on any atom is 1.00 e. The van der Waals surface area contributed by atoms with E-state index in [0.29, 0.717) is 155 Å². The van der Waals surface area contributed by atoms with Gasteiger partial charge in [-0.1, -0.05) is 24.3 Å². The Bertz CT molecular complexity index is 6230. The van der Waals surface area contributed by atoms with Crippen LogP contribution in [-0.2, 0) is 68.5 Å². The largest absolute Gasteiger partial charge is 1.00 e. The van der Waals surface area contributed by atoms with E-state index >= 15 is 0 Å². The number of rotatable bonds is 36. The van der Waals surface area contributed by atoms with Crippen LogP contribution >= 0.6 is 15.6 Å². The summed E-state index contributed by atoms with van der Waals surface area (Å²) >= 11 is 0. The van der Waals surface area contributed by atoms with E-state index in [1.54, 1.807) is 126 Å². The summed E-state index contributed by atoms with van der Waals surface area (Å²) in [5, 5.41) is 58.0. The number of carbonyl (C=O) groups excluding carboxylic acids is 4. The second kappa shape index (κ2) is 49.5. The van der Waals surface area contributed by atoms with Crippen LogP contribution in [0.5, 0.6) is 0 Å². The molecule has 50 heteroatoms. The van der Waals surface area contributed by atoms with Gasteiger partial charge in [0.1, 0.15) is 52.5 Å². The number of phosphoric ester groups is 2. The summed E-state index contributed by atoms with van der Waals surface area (Å²) in [6, 6.07) is 35.3. The molecule has 18 rings (SSSR count). The van der Waals surface area contributed by atoms with Gasteiger partial charge in [-0.2, -0.15) is 40.8 Å². The van der Waals surface area contributed by atoms with E-state index in [4.69, 9.17) is 66.5 Å². The standard InChI is InChI=1S/2C23H25N6O7P.2C20H20N6O3.CH2O2.2Na/c2*1-2-34-17-9-16(10-17)29-13-19(22(27-29)18-5-3-4-8-24-18)26-23(30)21-7-6-20(36-21)15-11-25-28(12-15)14-35-37(31,32)33;2*1-2-28-10-9-26-13-16(19(25-26)15-5-3-4-8-21-15)24-20(27)18-7-6-17(29-18)14-11-22-23-12-14;2-1-3;;/h2*3-8,11-13,16-17H,2,9-10,14H2,1H3,(H,26,30)(H2,31,32,33);2*3-8,11-13H,2,9-10H2,1H3,(H,22,23)(H,24,27);1H,(H,2,3);;/q;;;;;2*+1/p-2. The van der Waals surface area contributed by atoms with Gasteiger partial charge in [0.25, 0.3) is 30.1 Å². The third-order valence-corrected chi connectivity index (χ3v) is 21.0. The van der Waals surface area contributed by atoms with Crippen molar-refractivity contribution in [1.29, 1.82) is 0 Å². The number of H-pyrrole nitrogens is 2. The molecule has 2 aliphatic carbocycles. The van der Waals surface area contributed by atoms with Gasteiger partial charge >= 0.3 is 66.9 Å². The number of nitrogens with one attached hydrogen (secondary N) is 6. The Balaban J connectivity index is 0.000000163. The summed E-state index contributed by atoms with van der Waals surface area (Å²) in [6.07, 6.45) is 30.0. The van der Waals surface area contributed by atoms with Crippen LogP contribution in [0.25, 0.3) is 90.8 Å². The maximum atomic E-state index is 13.1. The van der Waals surface area contributed by atoms with Gasteiger partial charge < -0.3 is 91.7 Å². The molecule has 0 atom stereocenters. The number of hydrogen-bond donors (Lipinski definition) is 9. The number of ether oxygens (including phenoxy) is 4. The topological polar surface area (TPSA) is 598 Å². The van der Waals surface area contributed by atoms with Crippen molar-refractivity contribution >= 4 is 68.5 Å². The first kappa shape index (κ1) is 103. The van der Waals surface area contributed by atoms with Crippen molar-refractivity contribution < 1.29 is 163 Å². The van der Waals surface area contributed by atoms with Crippen molar-refractivity contribution in [2.75, 3.05) is 60.9 Å². The Morgan fingerprint density at radius 2 is 0.774 bits per heavy atom. The van der Waals surface area contributed by atoms with E-state index in [2.05, 4.69) is 91.0 Å². The van der Waals surface area contributed by atoms with Crippen LogP contribution < -0.4 is 90.2 Å². The predicted molar refractivity (Wildman–Crippen MR) is 477 cm³/mol. The van der Waals surface area contributed by atoms with Gasteiger partial charge in [0, 0.05) is 101 Å². The molecule has 9 N–H and O–H groups in total. The van der Waals surface area contributed by atoms with E-state index < -0.39 is 40.9 Å². The number of aromatic amines is 2. The van der Waals surface area contributed by atoms with E-state index in [9.17, 15) is 38.1 Å². The third-order valence-electron chi connectivity index (χ3n) is 20.1. The fraction of sp³-hybridized carbons (Fsp3) is 0.253. The number of aromatic nitrogens is 20. The van der Waals surface area contributed by atoms with Crippen LogP contribution in [0.15, 0.2) is 238 Å². The van der Waals surface area contributed by atoms with Crippen molar-refractivity contribution in [2.24, 2.45) is 0 Å². The number of carbonyl (C=O) groups is 5. The number of pyridine rings is 4. The Morgan fingerprint density at radius 1 is 0.445 bits per heavy atom. The van der Waals surface area contributed by atoms with Gasteiger partial charge in [0.05, 0.1) is 151 Å². The third kappa shape index (κ3) is 28.5. The minimum Gasteiger partial charge on any atom is -0.790 e. The van der Waals surface area contributed by atoms with Crippen molar-refractivity contribution in [1.82, 2.24) is 99.0 Å². The molecular formula is C87H90N24Na2O22P2. The average molecular weight is 1930 g/mol. The van der Waals surface area contributed by atoms with Crippen LogP contribution in [0.4, 0.5) is 22.7 Å². The molecule has 16 heterocycles. The Labute approximate surface area is 823 Å². The van der Waals surface area contributed by atoms with E-state index in [0.717, 1.165) is 41.5 Å². The first-order valence-electron chi connectivity index (χ1n) is 42.0. The zero-order valence-electron chi connectivity index (χ0n) is 74.6. The van der Waals surface area contributed by atoms with E-state index in [1.165, 1.54) is 41.6 Å². The molecule has 4 amide bonds. The van der Waals surface area contributed by atoms with Crippen LogP contribution in [0.1, 0.15) is 108 Å². The summed E-state index contributed by atoms with van der Waals surface area (Å²) in [7, 11) is -9.75. The summed E-state index contributed by atoms with van der Waals surface area (Å²) in [4.78, 5) is 116. The number of carboxylic acid groups (broad SMARTS) is 1. The van der Waals surface area contributed by atoms with E-state index in [1.807, 2.05) is 104 Å². The molecule has 0 saturated heterocycles. The molecule has 2 aliphatic rings. The summed E-state index contributed by atoms with van der Waals surface area (Å²) in [6.45, 7) is 11.4. The van der Waals surface area contributed by atoms with Gasteiger partial charge in [-0.15, -0.1) is 0 Å². The molecule has 137 heavy (non-hydrogen) atoms. The fourth-order valence-electron chi connectivity index (χ4n) is 13.6. The van der Waals surface area contributed by atoms with Crippen molar-refractivity contribution in [2.45, 2.75) is 104 Å². The van der Waals surface area contributed by atoms with Crippen LogP contribution in [-0.4, -0.2) is 196 Å². The predicted octanol–water partition coefficient (Wildman–Crippen LogP) is 5.80. The summed E-state index contributed by atoms with van der Waals surface area (Å²) < 4.78 is 84.4. The number of nitrogens with zero attached hydrogens (tertiary/aromatic N) is 18. The SMILES string of the molecule is CCOC1CC(n2cc(NC(=O)c3ccc(-c4cnn(COP(=O)(O)O)c4)o3)c(-c3ccccn3)n2)C1.CCOC1CC(n2cc(NC(=O)c3ccc(-c4cnn(COP(=O)([O-])[O-])c4)o3)c(-c3ccccn3)n2)C1.CCOCCn1cc(NC(=O)c2ccc(-c3cn[nH]c3)o2)c(-c2ccccn2)n1.CCOCCn1cc(NC(=O)c2ccc(-c3cn[nH]c3)o2)c(-c2ccccn2)n1.O=CO.[Na+].[Na+]. The molecule has 2 saturated carbocycles. The van der Waals surface area contributed by atoms with Crippen molar-refractivity contribution in [3.63, 3.8) is 0 Å². The molecule has 0 unspecified atom stereocenters. The van der Waals surface area contributed by atoms with Gasteiger partial charge in [0.15, 0.2) is 29.8 Å². The average Bonchev–Trinajstić information content (AvgIpc) is 1.63. The zero-order chi connectivity index (χ0) is 94.8. The number of hydrogen-bond acceptors (Lipinski definition) is 31. The Kier molecular flexibility index (Phi) is 37.1. The smallest absolute Gasteiger partial charge is 0.790 e. The van der Waals surface area contributed by atoms with Gasteiger partial charge in [-0.3, -0.25) is 77.4 Å². The number of amides is 4. The van der Waals surface area contributed by atoms with Crippen molar-refractivity contribution in [3.8, 4) is 90.8 Å². The molecule has 2 fully saturated rings. The second-order valence-corrected chi connectivity index (χ2v) is 31.6. The van der Waals surface area contributed by atoms with Gasteiger partial charge in [-0.05, 0) is 150 Å². The summed E-state index contributed by atoms with van der Waals surface area (Å²) in [5.74, 6) is 0.566. The molecule has 0 aromatic carbocycles. The molecule has 16 aromatic rings. The molecule has 0 spiro atoms. The Hall–Kier alpha value is -13.2. The molecule has 0 aliphatic heterocycles. The first-order valence-corrected chi connectivity index (χ1v) is 45.0. The monoisotopic (exact) mass is 1930 g/mol. The second-order valence-electron chi connectivity index (χ2n) is 29.3. The van der Waals surface area contributed by atoms with Gasteiger partial charge in [-0.25, -0.2) is 13.9 Å². The Morgan fingerprint density at radius 3 is 1.07 bits per heavy atom. The number of furan rings is 4. The molecule has 0 bridgehead atoms. The maximum absolute atomic E-state index is 13.1. The molecule has 16 aromatic heterocycles. The first-order chi connectivity index (χ1) is 65.5. The molecular weight excluding hydrogens is 1840 g/mol. The summed E-state index contributed by atoms with van der Waals surface area (Å²) in [5.41, 5.74) is 9.41. The van der Waals surface area contributed by atoms with Crippen LogP contribution in [0.3, 0.4) is 0 Å².